The average Bonchev–Trinajstić information content (AvgIpc) is 2.56. The van der Waals surface area contributed by atoms with Crippen LogP contribution in [0.1, 0.15) is 4.88 Å². The maximum absolute atomic E-state index is 5.28. The minimum atomic E-state index is 0. The van der Waals surface area contributed by atoms with Crippen molar-refractivity contribution in [2.24, 2.45) is 16.5 Å². The maximum atomic E-state index is 5.28. The lowest BCUT2D eigenvalue weighted by Crippen LogP contribution is -2.22. The van der Waals surface area contributed by atoms with Gasteiger partial charge >= 0.3 is 0 Å². The summed E-state index contributed by atoms with van der Waals surface area (Å²) in [7, 11) is 0. The molecule has 0 atom stereocenters. The van der Waals surface area contributed by atoms with E-state index in [0.29, 0.717) is 6.54 Å². The van der Waals surface area contributed by atoms with Gasteiger partial charge in [0.15, 0.2) is 5.96 Å². The highest BCUT2D eigenvalue weighted by atomic mass is 127. The number of fused-ring (bicyclic) bond motifs is 1. The number of halogens is 2. The van der Waals surface area contributed by atoms with E-state index >= 15 is 0 Å². The minimum absolute atomic E-state index is 0. The number of nitrogens with zero attached hydrogens (tertiary/aromatic N) is 1. The van der Waals surface area contributed by atoms with Crippen LogP contribution in [0.5, 0.6) is 0 Å². The van der Waals surface area contributed by atoms with E-state index in [9.17, 15) is 0 Å². The smallest absolute Gasteiger partial charge is 0.186 e. The number of hydrogen-bond donors (Lipinski definition) is 2. The molecule has 0 aliphatic rings. The standard InChI is InChI=1S/C10H10BrN3S.HI/c11-7-1-2-9-6(3-7)4-8(15-9)5-14-10(12)13;/h1-4H,5H2,(H4,12,13,14);1H. The van der Waals surface area contributed by atoms with Crippen molar-refractivity contribution in [2.45, 2.75) is 6.54 Å². The van der Waals surface area contributed by atoms with E-state index in [1.165, 1.54) is 10.1 Å². The van der Waals surface area contributed by atoms with Crippen molar-refractivity contribution in [3.8, 4) is 0 Å². The van der Waals surface area contributed by atoms with Crippen LogP contribution < -0.4 is 11.5 Å². The fraction of sp³-hybridized carbons (Fsp3) is 0.100. The van der Waals surface area contributed by atoms with Gasteiger partial charge in [-0.2, -0.15) is 0 Å². The molecule has 86 valence electrons. The van der Waals surface area contributed by atoms with E-state index in [0.717, 1.165) is 9.35 Å². The number of hydrogen-bond acceptors (Lipinski definition) is 2. The van der Waals surface area contributed by atoms with Gasteiger partial charge in [0, 0.05) is 14.0 Å². The van der Waals surface area contributed by atoms with Crippen molar-refractivity contribution in [1.82, 2.24) is 0 Å². The number of benzene rings is 1. The molecule has 1 aromatic heterocycles. The molecular formula is C10H11BrIN3S. The van der Waals surface area contributed by atoms with Gasteiger partial charge < -0.3 is 11.5 Å². The van der Waals surface area contributed by atoms with E-state index in [1.54, 1.807) is 11.3 Å². The number of aliphatic imine (C=N–C) groups is 1. The van der Waals surface area contributed by atoms with Gasteiger partial charge in [0.2, 0.25) is 0 Å². The zero-order valence-corrected chi connectivity index (χ0v) is 13.0. The van der Waals surface area contributed by atoms with Crippen molar-refractivity contribution >= 4 is 67.3 Å². The van der Waals surface area contributed by atoms with Crippen molar-refractivity contribution in [1.29, 1.82) is 0 Å². The van der Waals surface area contributed by atoms with Crippen LogP contribution in [-0.4, -0.2) is 5.96 Å². The van der Waals surface area contributed by atoms with Crippen LogP contribution in [0.2, 0.25) is 0 Å². The molecular weight excluding hydrogens is 401 g/mol. The van der Waals surface area contributed by atoms with Crippen molar-refractivity contribution < 1.29 is 0 Å². The first kappa shape index (κ1) is 13.7. The van der Waals surface area contributed by atoms with Gasteiger partial charge in [-0.3, -0.25) is 0 Å². The fourth-order valence-electron chi connectivity index (χ4n) is 1.32. The summed E-state index contributed by atoms with van der Waals surface area (Å²) in [5, 5.41) is 1.22. The monoisotopic (exact) mass is 411 g/mol. The second-order valence-corrected chi connectivity index (χ2v) is 5.22. The third-order valence-corrected chi connectivity index (χ3v) is 3.54. The summed E-state index contributed by atoms with van der Waals surface area (Å²) in [5.41, 5.74) is 10.6. The van der Waals surface area contributed by atoms with Crippen LogP contribution in [0.4, 0.5) is 0 Å². The molecule has 16 heavy (non-hydrogen) atoms. The molecule has 2 aromatic rings. The maximum Gasteiger partial charge on any atom is 0.186 e. The second kappa shape index (κ2) is 5.83. The Bertz CT molecular complexity index is 520. The quantitative estimate of drug-likeness (QED) is 0.453. The molecule has 0 bridgehead atoms. The molecule has 3 nitrogen and oxygen atoms in total. The van der Waals surface area contributed by atoms with Gasteiger partial charge in [-0.25, -0.2) is 4.99 Å². The number of thiophene rings is 1. The van der Waals surface area contributed by atoms with Crippen LogP contribution >= 0.6 is 51.2 Å². The summed E-state index contributed by atoms with van der Waals surface area (Å²) in [4.78, 5) is 5.15. The van der Waals surface area contributed by atoms with Crippen LogP contribution in [-0.2, 0) is 6.54 Å². The summed E-state index contributed by atoms with van der Waals surface area (Å²) in [6, 6.07) is 8.31. The van der Waals surface area contributed by atoms with E-state index in [-0.39, 0.29) is 29.9 Å². The van der Waals surface area contributed by atoms with Gasteiger partial charge in [-0.1, -0.05) is 15.9 Å². The molecule has 0 saturated carbocycles. The first-order valence-corrected chi connectivity index (χ1v) is 5.99. The predicted molar refractivity (Wildman–Crippen MR) is 84.5 cm³/mol. The SMILES string of the molecule is I.NC(N)=NCc1cc2cc(Br)ccc2s1. The summed E-state index contributed by atoms with van der Waals surface area (Å²) in [6.07, 6.45) is 0. The summed E-state index contributed by atoms with van der Waals surface area (Å²) in [5.74, 6) is 0.133. The Morgan fingerprint density at radius 1 is 1.31 bits per heavy atom. The van der Waals surface area contributed by atoms with Crippen molar-refractivity contribution in [3.05, 3.63) is 33.6 Å². The minimum Gasteiger partial charge on any atom is -0.370 e. The molecule has 0 aliphatic carbocycles. The second-order valence-electron chi connectivity index (χ2n) is 3.14. The molecule has 0 saturated heterocycles. The number of rotatable bonds is 2. The zero-order chi connectivity index (χ0) is 10.8. The predicted octanol–water partition coefficient (Wildman–Crippen LogP) is 3.06. The molecule has 0 unspecified atom stereocenters. The first-order valence-electron chi connectivity index (χ1n) is 4.38. The topological polar surface area (TPSA) is 64.4 Å². The van der Waals surface area contributed by atoms with Gasteiger partial charge in [0.25, 0.3) is 0 Å². The van der Waals surface area contributed by atoms with Gasteiger partial charge in [0.05, 0.1) is 6.54 Å². The Hall–Kier alpha value is -0.340. The molecule has 1 aromatic carbocycles. The lowest BCUT2D eigenvalue weighted by Gasteiger charge is -1.89. The Kier molecular flexibility index (Phi) is 5.00. The molecule has 1 heterocycles. The highest BCUT2D eigenvalue weighted by Gasteiger charge is 2.01. The lowest BCUT2D eigenvalue weighted by atomic mass is 10.2. The Balaban J connectivity index is 0.00000128. The third kappa shape index (κ3) is 3.33. The molecule has 4 N–H and O–H groups in total. The fourth-order valence-corrected chi connectivity index (χ4v) is 2.66. The molecule has 0 radical (unpaired) electrons. The van der Waals surface area contributed by atoms with Crippen LogP contribution in [0.3, 0.4) is 0 Å². The number of guanidine groups is 1. The Morgan fingerprint density at radius 3 is 2.75 bits per heavy atom. The molecule has 0 amide bonds. The van der Waals surface area contributed by atoms with Gasteiger partial charge in [0.1, 0.15) is 0 Å². The third-order valence-electron chi connectivity index (χ3n) is 1.95. The van der Waals surface area contributed by atoms with Crippen LogP contribution in [0, 0.1) is 0 Å². The van der Waals surface area contributed by atoms with Crippen LogP contribution in [0.25, 0.3) is 10.1 Å². The lowest BCUT2D eigenvalue weighted by molar-refractivity contribution is 1.09. The highest BCUT2D eigenvalue weighted by molar-refractivity contribution is 14.0. The van der Waals surface area contributed by atoms with Crippen molar-refractivity contribution in [3.63, 3.8) is 0 Å². The Labute approximate surface area is 123 Å². The van der Waals surface area contributed by atoms with Crippen molar-refractivity contribution in [2.75, 3.05) is 0 Å². The van der Waals surface area contributed by atoms with E-state index in [2.05, 4.69) is 39.1 Å². The van der Waals surface area contributed by atoms with E-state index in [1.807, 2.05) is 6.07 Å². The zero-order valence-electron chi connectivity index (χ0n) is 8.31. The molecule has 2 rings (SSSR count). The summed E-state index contributed by atoms with van der Waals surface area (Å²) >= 11 is 5.15. The molecule has 0 fully saturated rings. The highest BCUT2D eigenvalue weighted by Crippen LogP contribution is 2.28. The normalized spacial score (nSPS) is 9.81. The van der Waals surface area contributed by atoms with Crippen LogP contribution in [0.15, 0.2) is 33.7 Å². The first-order chi connectivity index (χ1) is 7.15. The number of nitrogens with two attached hydrogens (primary N) is 2. The summed E-state index contributed by atoms with van der Waals surface area (Å²) in [6.45, 7) is 0.555. The van der Waals surface area contributed by atoms with E-state index in [4.69, 9.17) is 11.5 Å². The Morgan fingerprint density at radius 2 is 2.06 bits per heavy atom. The largest absolute Gasteiger partial charge is 0.370 e. The molecule has 6 heteroatoms. The summed E-state index contributed by atoms with van der Waals surface area (Å²) < 4.78 is 2.33. The molecule has 0 aliphatic heterocycles. The van der Waals surface area contributed by atoms with E-state index < -0.39 is 0 Å². The average molecular weight is 412 g/mol. The molecule has 0 spiro atoms. The van der Waals surface area contributed by atoms with Gasteiger partial charge in [-0.15, -0.1) is 35.3 Å². The van der Waals surface area contributed by atoms with Gasteiger partial charge in [-0.05, 0) is 29.7 Å².